The summed E-state index contributed by atoms with van der Waals surface area (Å²) in [6, 6.07) is 14.0. The number of hydrogen-bond acceptors (Lipinski definition) is 3. The Hall–Kier alpha value is -1.68. The summed E-state index contributed by atoms with van der Waals surface area (Å²) in [6.45, 7) is 2.94. The lowest BCUT2D eigenvalue weighted by Crippen LogP contribution is -2.19. The summed E-state index contributed by atoms with van der Waals surface area (Å²) in [7, 11) is 2.09. The number of ether oxygens (including phenoxy) is 2. The van der Waals surface area contributed by atoms with Gasteiger partial charge < -0.3 is 9.47 Å². The maximum Gasteiger partial charge on any atom is 0.161 e. The van der Waals surface area contributed by atoms with E-state index in [-0.39, 0.29) is 12.4 Å². The maximum absolute atomic E-state index is 6.15. The second kappa shape index (κ2) is 8.97. The van der Waals surface area contributed by atoms with E-state index in [1.54, 1.807) is 0 Å². The summed E-state index contributed by atoms with van der Waals surface area (Å²) in [5.74, 6) is 1.68. The zero-order chi connectivity index (χ0) is 16.1. The molecule has 0 unspecified atom stereocenters. The lowest BCUT2D eigenvalue weighted by atomic mass is 10.1. The van der Waals surface area contributed by atoms with E-state index >= 15 is 0 Å². The number of hydrogen-bond donors (Lipinski definition) is 0. The summed E-state index contributed by atoms with van der Waals surface area (Å²) < 4.78 is 11.2. The Kier molecular flexibility index (Phi) is 6.98. The van der Waals surface area contributed by atoms with Gasteiger partial charge >= 0.3 is 0 Å². The van der Waals surface area contributed by atoms with Gasteiger partial charge in [0.25, 0.3) is 0 Å². The first kappa shape index (κ1) is 18.7. The molecule has 0 atom stereocenters. The van der Waals surface area contributed by atoms with Crippen LogP contribution in [0.5, 0.6) is 11.5 Å². The molecule has 0 aromatic heterocycles. The van der Waals surface area contributed by atoms with Crippen LogP contribution < -0.4 is 9.47 Å². The maximum atomic E-state index is 6.15. The summed E-state index contributed by atoms with van der Waals surface area (Å²) in [4.78, 5) is 2.23. The lowest BCUT2D eigenvalue weighted by Gasteiger charge is -2.20. The Balaban J connectivity index is 0.00000208. The molecular formula is C19H21Cl2NO2. The van der Waals surface area contributed by atoms with Crippen molar-refractivity contribution in [2.45, 2.75) is 6.54 Å². The Morgan fingerprint density at radius 2 is 1.83 bits per heavy atom. The molecule has 2 aromatic carbocycles. The lowest BCUT2D eigenvalue weighted by molar-refractivity contribution is 0.171. The fraction of sp³-hybridized carbons (Fsp3) is 0.263. The van der Waals surface area contributed by atoms with Gasteiger partial charge in [-0.25, -0.2) is 0 Å². The van der Waals surface area contributed by atoms with E-state index in [0.717, 1.165) is 35.2 Å². The van der Waals surface area contributed by atoms with Gasteiger partial charge in [0.1, 0.15) is 13.2 Å². The zero-order valence-corrected chi connectivity index (χ0v) is 15.1. The molecule has 0 spiro atoms. The van der Waals surface area contributed by atoms with Crippen molar-refractivity contribution in [3.8, 4) is 11.5 Å². The molecule has 3 rings (SSSR count). The van der Waals surface area contributed by atoms with Crippen molar-refractivity contribution >= 4 is 30.1 Å². The minimum atomic E-state index is 0. The normalized spacial score (nSPS) is 13.1. The first-order chi connectivity index (χ1) is 11.2. The smallest absolute Gasteiger partial charge is 0.161 e. The quantitative estimate of drug-likeness (QED) is 0.767. The SMILES string of the molecule is CN(C/C=C/c1ccccc1Cl)Cc1ccc2c(c1)OCCO2.Cl. The van der Waals surface area contributed by atoms with Crippen molar-refractivity contribution in [1.29, 1.82) is 0 Å². The van der Waals surface area contributed by atoms with Crippen molar-refractivity contribution in [2.75, 3.05) is 26.8 Å². The Labute approximate surface area is 154 Å². The topological polar surface area (TPSA) is 21.7 Å². The van der Waals surface area contributed by atoms with E-state index in [2.05, 4.69) is 36.2 Å². The molecule has 5 heteroatoms. The van der Waals surface area contributed by atoms with Gasteiger partial charge in [0, 0.05) is 18.1 Å². The summed E-state index contributed by atoms with van der Waals surface area (Å²) in [6.07, 6.45) is 4.18. The zero-order valence-electron chi connectivity index (χ0n) is 13.6. The molecule has 0 saturated heterocycles. The first-order valence-electron chi connectivity index (χ1n) is 7.70. The van der Waals surface area contributed by atoms with Crippen LogP contribution in [0.4, 0.5) is 0 Å². The van der Waals surface area contributed by atoms with Crippen molar-refractivity contribution in [2.24, 2.45) is 0 Å². The number of fused-ring (bicyclic) bond motifs is 1. The summed E-state index contributed by atoms with van der Waals surface area (Å²) >= 11 is 6.15. The van der Waals surface area contributed by atoms with Crippen LogP contribution in [0.15, 0.2) is 48.5 Å². The number of halogens is 2. The number of benzene rings is 2. The molecule has 2 aromatic rings. The van der Waals surface area contributed by atoms with Gasteiger partial charge in [-0.1, -0.05) is 48.0 Å². The molecule has 24 heavy (non-hydrogen) atoms. The van der Waals surface area contributed by atoms with E-state index in [9.17, 15) is 0 Å². The monoisotopic (exact) mass is 365 g/mol. The molecule has 0 N–H and O–H groups in total. The van der Waals surface area contributed by atoms with Crippen LogP contribution in [0.3, 0.4) is 0 Å². The van der Waals surface area contributed by atoms with Crippen LogP contribution in [0.25, 0.3) is 6.08 Å². The fourth-order valence-electron chi connectivity index (χ4n) is 2.53. The van der Waals surface area contributed by atoms with E-state index in [4.69, 9.17) is 21.1 Å². The molecular weight excluding hydrogens is 345 g/mol. The van der Waals surface area contributed by atoms with E-state index in [1.165, 1.54) is 5.56 Å². The third-order valence-electron chi connectivity index (χ3n) is 3.68. The van der Waals surface area contributed by atoms with Crippen molar-refractivity contribution < 1.29 is 9.47 Å². The van der Waals surface area contributed by atoms with Crippen LogP contribution in [0.1, 0.15) is 11.1 Å². The van der Waals surface area contributed by atoms with E-state index < -0.39 is 0 Å². The van der Waals surface area contributed by atoms with Crippen molar-refractivity contribution in [3.05, 3.63) is 64.7 Å². The van der Waals surface area contributed by atoms with Gasteiger partial charge in [0.2, 0.25) is 0 Å². The van der Waals surface area contributed by atoms with Crippen LogP contribution in [0.2, 0.25) is 5.02 Å². The molecule has 128 valence electrons. The van der Waals surface area contributed by atoms with Gasteiger partial charge in [-0.15, -0.1) is 12.4 Å². The highest BCUT2D eigenvalue weighted by molar-refractivity contribution is 6.32. The van der Waals surface area contributed by atoms with E-state index in [0.29, 0.717) is 13.2 Å². The predicted molar refractivity (Wildman–Crippen MR) is 102 cm³/mol. The molecule has 0 bridgehead atoms. The largest absolute Gasteiger partial charge is 0.486 e. The molecule has 1 aliphatic rings. The second-order valence-electron chi connectivity index (χ2n) is 5.60. The molecule has 0 saturated carbocycles. The Morgan fingerprint density at radius 1 is 1.08 bits per heavy atom. The third kappa shape index (κ3) is 4.91. The summed E-state index contributed by atoms with van der Waals surface area (Å²) in [5, 5.41) is 0.776. The van der Waals surface area contributed by atoms with Crippen molar-refractivity contribution in [1.82, 2.24) is 4.90 Å². The molecule has 0 amide bonds. The van der Waals surface area contributed by atoms with Crippen molar-refractivity contribution in [3.63, 3.8) is 0 Å². The first-order valence-corrected chi connectivity index (χ1v) is 8.08. The number of rotatable bonds is 5. The average Bonchev–Trinajstić information content (AvgIpc) is 2.56. The molecule has 3 nitrogen and oxygen atoms in total. The van der Waals surface area contributed by atoms with Gasteiger partial charge in [-0.2, -0.15) is 0 Å². The van der Waals surface area contributed by atoms with E-state index in [1.807, 2.05) is 30.3 Å². The standard InChI is InChI=1S/C19H20ClNO2.ClH/c1-21(10-4-6-16-5-2-3-7-17(16)20)14-15-8-9-18-19(13-15)23-12-11-22-18;/h2-9,13H,10-12,14H2,1H3;1H/b6-4+;. The molecule has 1 aliphatic heterocycles. The Morgan fingerprint density at radius 3 is 2.62 bits per heavy atom. The molecule has 0 fully saturated rings. The van der Waals surface area contributed by atoms with Gasteiger partial charge in [-0.3, -0.25) is 4.90 Å². The third-order valence-corrected chi connectivity index (χ3v) is 4.02. The highest BCUT2D eigenvalue weighted by atomic mass is 35.5. The van der Waals surface area contributed by atoms with Crippen LogP contribution in [-0.4, -0.2) is 31.7 Å². The van der Waals surface area contributed by atoms with Crippen LogP contribution in [-0.2, 0) is 6.54 Å². The minimum absolute atomic E-state index is 0. The van der Waals surface area contributed by atoms with Gasteiger partial charge in [0.05, 0.1) is 0 Å². The minimum Gasteiger partial charge on any atom is -0.486 e. The van der Waals surface area contributed by atoms with Crippen LogP contribution in [0, 0.1) is 0 Å². The molecule has 1 heterocycles. The highest BCUT2D eigenvalue weighted by Gasteiger charge is 2.12. The fourth-order valence-corrected chi connectivity index (χ4v) is 2.73. The number of nitrogens with zero attached hydrogens (tertiary/aromatic N) is 1. The predicted octanol–water partition coefficient (Wildman–Crippen LogP) is 4.68. The van der Waals surface area contributed by atoms with Gasteiger partial charge in [0.15, 0.2) is 11.5 Å². The van der Waals surface area contributed by atoms with Crippen LogP contribution >= 0.6 is 24.0 Å². The van der Waals surface area contributed by atoms with Gasteiger partial charge in [-0.05, 0) is 36.4 Å². The molecule has 0 aliphatic carbocycles. The Bertz CT molecular complexity index is 704. The second-order valence-corrected chi connectivity index (χ2v) is 6.01. The highest BCUT2D eigenvalue weighted by Crippen LogP contribution is 2.31. The average molecular weight is 366 g/mol. The summed E-state index contributed by atoms with van der Waals surface area (Å²) in [5.41, 5.74) is 2.25. The molecule has 0 radical (unpaired) electrons. The number of likely N-dealkylation sites (N-methyl/N-ethyl adjacent to an activating group) is 1.